The average molecular weight is 434 g/mol. The van der Waals surface area contributed by atoms with Gasteiger partial charge in [0, 0.05) is 17.7 Å². The molecule has 1 saturated heterocycles. The Kier molecular flexibility index (Phi) is 5.46. The van der Waals surface area contributed by atoms with Crippen LogP contribution in [0.2, 0.25) is 0 Å². The Morgan fingerprint density at radius 1 is 1.16 bits per heavy atom. The van der Waals surface area contributed by atoms with Crippen molar-refractivity contribution < 1.29 is 28.8 Å². The summed E-state index contributed by atoms with van der Waals surface area (Å²) in [7, 11) is 1.50. The van der Waals surface area contributed by atoms with Crippen molar-refractivity contribution in [3.8, 4) is 5.75 Å². The number of amides is 1. The van der Waals surface area contributed by atoms with Crippen molar-refractivity contribution in [1.29, 1.82) is 0 Å². The minimum Gasteiger partial charge on any atom is -0.507 e. The summed E-state index contributed by atoms with van der Waals surface area (Å²) in [6.45, 7) is -0.0513. The highest BCUT2D eigenvalue weighted by atomic mass is 16.6. The molecule has 0 bridgehead atoms. The first-order valence-electron chi connectivity index (χ1n) is 9.60. The van der Waals surface area contributed by atoms with Crippen LogP contribution in [0.1, 0.15) is 22.9 Å². The topological polar surface area (TPSA) is 123 Å². The predicted octanol–water partition coefficient (Wildman–Crippen LogP) is 3.82. The molecule has 9 heteroatoms. The van der Waals surface area contributed by atoms with Crippen LogP contribution in [-0.4, -0.2) is 33.7 Å². The van der Waals surface area contributed by atoms with Crippen LogP contribution in [0.4, 0.5) is 5.69 Å². The molecule has 0 spiro atoms. The Balaban J connectivity index is 1.87. The zero-order valence-electron chi connectivity index (χ0n) is 16.9. The van der Waals surface area contributed by atoms with E-state index in [9.17, 15) is 24.8 Å². The van der Waals surface area contributed by atoms with Crippen LogP contribution in [0.25, 0.3) is 5.76 Å². The summed E-state index contributed by atoms with van der Waals surface area (Å²) in [6.07, 6.45) is 1.44. The largest absolute Gasteiger partial charge is 0.507 e. The van der Waals surface area contributed by atoms with E-state index in [1.165, 1.54) is 36.5 Å². The number of aliphatic hydroxyl groups excluding tert-OH is 1. The SMILES string of the molecule is COc1ccc(C(O)=C2C(=O)C(=O)N(Cc3ccco3)[C@@H]2c2cccc([N+](=O)[O-])c2)cc1. The number of hydrogen-bond donors (Lipinski definition) is 1. The molecule has 1 aliphatic heterocycles. The number of benzene rings is 2. The third-order valence-corrected chi connectivity index (χ3v) is 5.21. The highest BCUT2D eigenvalue weighted by Gasteiger charge is 2.46. The number of rotatable bonds is 6. The zero-order chi connectivity index (χ0) is 22.8. The maximum Gasteiger partial charge on any atom is 0.296 e. The molecular formula is C23H18N2O7. The number of ether oxygens (including phenoxy) is 1. The number of hydrogen-bond acceptors (Lipinski definition) is 7. The van der Waals surface area contributed by atoms with E-state index in [-0.39, 0.29) is 23.6 Å². The molecule has 1 N–H and O–H groups in total. The number of nitro groups is 1. The molecule has 0 aliphatic carbocycles. The molecule has 2 heterocycles. The summed E-state index contributed by atoms with van der Waals surface area (Å²) >= 11 is 0. The van der Waals surface area contributed by atoms with Gasteiger partial charge in [0.1, 0.15) is 17.3 Å². The number of aliphatic hydroxyl groups is 1. The molecule has 4 rings (SSSR count). The maximum absolute atomic E-state index is 13.0. The van der Waals surface area contributed by atoms with Gasteiger partial charge >= 0.3 is 0 Å². The van der Waals surface area contributed by atoms with Crippen molar-refractivity contribution in [3.05, 3.63) is 99.5 Å². The van der Waals surface area contributed by atoms with E-state index in [0.29, 0.717) is 22.6 Å². The molecule has 9 nitrogen and oxygen atoms in total. The van der Waals surface area contributed by atoms with Crippen LogP contribution in [0.3, 0.4) is 0 Å². The van der Waals surface area contributed by atoms with E-state index in [1.54, 1.807) is 42.5 Å². The first-order valence-corrected chi connectivity index (χ1v) is 9.60. The number of nitrogens with zero attached hydrogens (tertiary/aromatic N) is 2. The minimum absolute atomic E-state index is 0.0513. The van der Waals surface area contributed by atoms with Gasteiger partial charge in [-0.05, 0) is 42.0 Å². The monoisotopic (exact) mass is 434 g/mol. The molecular weight excluding hydrogens is 416 g/mol. The van der Waals surface area contributed by atoms with Gasteiger partial charge in [0.2, 0.25) is 0 Å². The highest BCUT2D eigenvalue weighted by Crippen LogP contribution is 2.41. The van der Waals surface area contributed by atoms with Crippen molar-refractivity contribution in [3.63, 3.8) is 0 Å². The summed E-state index contributed by atoms with van der Waals surface area (Å²) in [5.74, 6) is -1.14. The van der Waals surface area contributed by atoms with Crippen molar-refractivity contribution in [2.24, 2.45) is 0 Å². The lowest BCUT2D eigenvalue weighted by Crippen LogP contribution is -2.29. The molecule has 162 valence electrons. The number of nitro benzene ring substituents is 1. The van der Waals surface area contributed by atoms with Gasteiger partial charge in [0.25, 0.3) is 17.4 Å². The Bertz CT molecular complexity index is 1210. The van der Waals surface area contributed by atoms with E-state index in [4.69, 9.17) is 9.15 Å². The number of carbonyl (C=O) groups excluding carboxylic acids is 2. The van der Waals surface area contributed by atoms with E-state index in [2.05, 4.69) is 0 Å². The number of carbonyl (C=O) groups is 2. The average Bonchev–Trinajstić information content (AvgIpc) is 3.41. The number of likely N-dealkylation sites (tertiary alicyclic amines) is 1. The standard InChI is InChI=1S/C23H18N2O7/c1-31-17-9-7-14(8-10-17)21(26)19-20(15-4-2-5-16(12-15)25(29)30)24(23(28)22(19)27)13-18-6-3-11-32-18/h2-12,20,26H,13H2,1H3/t20-/m1/s1. The van der Waals surface area contributed by atoms with Crippen molar-refractivity contribution >= 4 is 23.1 Å². The van der Waals surface area contributed by atoms with E-state index >= 15 is 0 Å². The summed E-state index contributed by atoms with van der Waals surface area (Å²) < 4.78 is 10.4. The van der Waals surface area contributed by atoms with Gasteiger partial charge in [0.15, 0.2) is 0 Å². The molecule has 1 aromatic heterocycles. The number of non-ortho nitro benzene ring substituents is 1. The van der Waals surface area contributed by atoms with E-state index < -0.39 is 22.7 Å². The van der Waals surface area contributed by atoms with E-state index in [0.717, 1.165) is 0 Å². The molecule has 0 unspecified atom stereocenters. The third-order valence-electron chi connectivity index (χ3n) is 5.21. The smallest absolute Gasteiger partial charge is 0.296 e. The molecule has 1 fully saturated rings. The molecule has 0 radical (unpaired) electrons. The fourth-order valence-electron chi connectivity index (χ4n) is 3.67. The molecule has 1 amide bonds. The summed E-state index contributed by atoms with van der Waals surface area (Å²) in [6, 6.07) is 14.2. The van der Waals surface area contributed by atoms with Crippen LogP contribution < -0.4 is 4.74 Å². The van der Waals surface area contributed by atoms with Crippen molar-refractivity contribution in [2.45, 2.75) is 12.6 Å². The maximum atomic E-state index is 13.0. The van der Waals surface area contributed by atoms with Crippen LogP contribution in [-0.2, 0) is 16.1 Å². The highest BCUT2D eigenvalue weighted by molar-refractivity contribution is 6.46. The summed E-state index contributed by atoms with van der Waals surface area (Å²) in [5, 5.41) is 22.3. The Morgan fingerprint density at radius 2 is 1.91 bits per heavy atom. The summed E-state index contributed by atoms with van der Waals surface area (Å²) in [5.41, 5.74) is 0.264. The first kappa shape index (κ1) is 20.9. The molecule has 1 atom stereocenters. The van der Waals surface area contributed by atoms with Gasteiger partial charge in [-0.1, -0.05) is 12.1 Å². The van der Waals surface area contributed by atoms with Gasteiger partial charge in [-0.3, -0.25) is 19.7 Å². The van der Waals surface area contributed by atoms with Gasteiger partial charge in [-0.2, -0.15) is 0 Å². The Morgan fingerprint density at radius 3 is 2.53 bits per heavy atom. The second kappa shape index (κ2) is 8.38. The lowest BCUT2D eigenvalue weighted by Gasteiger charge is -2.24. The van der Waals surface area contributed by atoms with Crippen molar-refractivity contribution in [2.75, 3.05) is 7.11 Å². The quantitative estimate of drug-likeness (QED) is 0.206. The number of ketones is 1. The minimum atomic E-state index is -1.04. The normalized spacial score (nSPS) is 17.5. The van der Waals surface area contributed by atoms with Crippen LogP contribution >= 0.6 is 0 Å². The molecule has 0 saturated carbocycles. The van der Waals surface area contributed by atoms with Gasteiger partial charge in [-0.25, -0.2) is 0 Å². The fraction of sp³-hybridized carbons (Fsp3) is 0.130. The predicted molar refractivity (Wildman–Crippen MR) is 113 cm³/mol. The fourth-order valence-corrected chi connectivity index (χ4v) is 3.67. The number of furan rings is 1. The third kappa shape index (κ3) is 3.71. The molecule has 32 heavy (non-hydrogen) atoms. The Labute approximate surface area is 182 Å². The molecule has 1 aliphatic rings. The zero-order valence-corrected chi connectivity index (χ0v) is 16.9. The van der Waals surface area contributed by atoms with Gasteiger partial charge in [0.05, 0.1) is 36.5 Å². The van der Waals surface area contributed by atoms with E-state index in [1.807, 2.05) is 0 Å². The van der Waals surface area contributed by atoms with Crippen LogP contribution in [0, 0.1) is 10.1 Å². The van der Waals surface area contributed by atoms with Crippen LogP contribution in [0.5, 0.6) is 5.75 Å². The Hall–Kier alpha value is -4.40. The van der Waals surface area contributed by atoms with Gasteiger partial charge in [-0.15, -0.1) is 0 Å². The van der Waals surface area contributed by atoms with Crippen LogP contribution in [0.15, 0.2) is 76.9 Å². The van der Waals surface area contributed by atoms with Crippen molar-refractivity contribution in [1.82, 2.24) is 4.90 Å². The number of Topliss-reactive ketones (excluding diaryl/α,β-unsaturated/α-hetero) is 1. The number of methoxy groups -OCH3 is 1. The second-order valence-corrected chi connectivity index (χ2v) is 7.09. The lowest BCUT2D eigenvalue weighted by molar-refractivity contribution is -0.384. The second-order valence-electron chi connectivity index (χ2n) is 7.09. The summed E-state index contributed by atoms with van der Waals surface area (Å²) in [4.78, 5) is 37.9. The molecule has 2 aromatic carbocycles. The first-order chi connectivity index (χ1) is 15.4. The lowest BCUT2D eigenvalue weighted by atomic mass is 9.95. The van der Waals surface area contributed by atoms with Gasteiger partial charge < -0.3 is 19.2 Å². The molecule has 3 aromatic rings.